The molecule has 0 unspecified atom stereocenters. The molecule has 0 amide bonds. The van der Waals surface area contributed by atoms with Crippen molar-refractivity contribution in [3.63, 3.8) is 0 Å². The summed E-state index contributed by atoms with van der Waals surface area (Å²) in [5, 5.41) is 0. The zero-order valence-electron chi connectivity index (χ0n) is 10.1. The first-order valence-corrected chi connectivity index (χ1v) is 7.53. The molecule has 0 aromatic heterocycles. The summed E-state index contributed by atoms with van der Waals surface area (Å²) in [7, 11) is -0.405. The second-order valence-electron chi connectivity index (χ2n) is 3.12. The van der Waals surface area contributed by atoms with E-state index in [0.717, 1.165) is 0 Å². The lowest BCUT2D eigenvalue weighted by molar-refractivity contribution is 0.221. The summed E-state index contributed by atoms with van der Waals surface area (Å²) in [4.78, 5) is 1.44. The van der Waals surface area contributed by atoms with Crippen molar-refractivity contribution in [2.75, 3.05) is 27.3 Å². The number of nitrogens with zero attached hydrogens (tertiary/aromatic N) is 2. The summed E-state index contributed by atoms with van der Waals surface area (Å²) in [6.45, 7) is 3.71. The number of hydrogen-bond acceptors (Lipinski definition) is 3. The fourth-order valence-electron chi connectivity index (χ4n) is 0.937. The molecular weight excluding hydrogens is 309 g/mol. The third kappa shape index (κ3) is 6.27. The van der Waals surface area contributed by atoms with Crippen molar-refractivity contribution in [1.82, 2.24) is 4.90 Å². The molecule has 0 atom stereocenters. The van der Waals surface area contributed by atoms with E-state index in [-0.39, 0.29) is 19.0 Å². The predicted molar refractivity (Wildman–Crippen MR) is 72.3 cm³/mol. The van der Waals surface area contributed by atoms with Gasteiger partial charge in [0.05, 0.1) is 13.2 Å². The lowest BCUT2D eigenvalue weighted by Crippen LogP contribution is -2.34. The first-order chi connectivity index (χ1) is 7.66. The second-order valence-corrected chi connectivity index (χ2v) is 7.05. The van der Waals surface area contributed by atoms with Crippen molar-refractivity contribution in [2.45, 2.75) is 17.6 Å². The molecule has 0 aromatic carbocycles. The molecule has 0 fully saturated rings. The molecule has 0 spiro atoms. The molecule has 0 aromatic rings. The van der Waals surface area contributed by atoms with E-state index >= 15 is 0 Å². The molecule has 0 N–H and O–H groups in total. The number of amidine groups is 1. The highest BCUT2D eigenvalue weighted by atomic mass is 35.6. The Morgan fingerprint density at radius 2 is 1.65 bits per heavy atom. The Balaban J connectivity index is 5.32. The molecule has 102 valence electrons. The van der Waals surface area contributed by atoms with E-state index in [2.05, 4.69) is 4.76 Å². The van der Waals surface area contributed by atoms with Gasteiger partial charge in [0, 0.05) is 14.1 Å². The molecule has 17 heavy (non-hydrogen) atoms. The Kier molecular flexibility index (Phi) is 7.38. The van der Waals surface area contributed by atoms with Crippen LogP contribution in [-0.2, 0) is 13.6 Å². The summed E-state index contributed by atoms with van der Waals surface area (Å²) in [6.07, 6.45) is 0. The van der Waals surface area contributed by atoms with E-state index in [0.29, 0.717) is 0 Å². The van der Waals surface area contributed by atoms with Crippen molar-refractivity contribution < 1.29 is 13.6 Å². The summed E-state index contributed by atoms with van der Waals surface area (Å²) in [5.41, 5.74) is 0. The van der Waals surface area contributed by atoms with Gasteiger partial charge in [-0.15, -0.1) is 0 Å². The zero-order valence-corrected chi connectivity index (χ0v) is 13.3. The molecule has 0 heterocycles. The highest BCUT2D eigenvalue weighted by Gasteiger charge is 2.34. The van der Waals surface area contributed by atoms with Crippen LogP contribution in [0.5, 0.6) is 0 Å². The quantitative estimate of drug-likeness (QED) is 0.336. The zero-order chi connectivity index (χ0) is 13.7. The van der Waals surface area contributed by atoms with Gasteiger partial charge < -0.3 is 4.90 Å². The third-order valence-corrected chi connectivity index (χ3v) is 3.59. The maximum Gasteiger partial charge on any atom is 0.455 e. The van der Waals surface area contributed by atoms with Gasteiger partial charge in [-0.2, -0.15) is 4.76 Å². The first-order valence-electron chi connectivity index (χ1n) is 4.90. The van der Waals surface area contributed by atoms with Crippen molar-refractivity contribution in [2.24, 2.45) is 4.76 Å². The van der Waals surface area contributed by atoms with Crippen LogP contribution in [0.3, 0.4) is 0 Å². The standard InChI is InChI=1S/C8H16Cl3N2O3P/c1-5-15-17(14,16-6-2)12-7(13(3)4)8(9,10)11/h5-6H2,1-4H3/b12-7+. The molecule has 0 rings (SSSR count). The van der Waals surface area contributed by atoms with Gasteiger partial charge in [-0.3, -0.25) is 9.05 Å². The Hall–Kier alpha value is 0.490. The largest absolute Gasteiger partial charge is 0.455 e. The number of rotatable bonds is 5. The molecule has 5 nitrogen and oxygen atoms in total. The van der Waals surface area contributed by atoms with Gasteiger partial charge in [0.1, 0.15) is 0 Å². The summed E-state index contributed by atoms with van der Waals surface area (Å²) in [6, 6.07) is 0. The SMILES string of the molecule is CCOP(=O)(/N=C(/N(C)C)C(Cl)(Cl)Cl)OCC. The fraction of sp³-hybridized carbons (Fsp3) is 0.875. The molecule has 0 aliphatic rings. The molecular formula is C8H16Cl3N2O3P. The van der Waals surface area contributed by atoms with Crippen LogP contribution in [0.25, 0.3) is 0 Å². The van der Waals surface area contributed by atoms with Crippen molar-refractivity contribution in [3.05, 3.63) is 0 Å². The third-order valence-electron chi connectivity index (χ3n) is 1.48. The van der Waals surface area contributed by atoms with Crippen LogP contribution >= 0.6 is 42.5 Å². The van der Waals surface area contributed by atoms with Gasteiger partial charge >= 0.3 is 7.75 Å². The number of halogens is 3. The van der Waals surface area contributed by atoms with Gasteiger partial charge in [-0.1, -0.05) is 34.8 Å². The maximum absolute atomic E-state index is 12.1. The van der Waals surface area contributed by atoms with Crippen LogP contribution in [0.1, 0.15) is 13.8 Å². The lowest BCUT2D eigenvalue weighted by Gasteiger charge is -2.23. The number of hydrogen-bond donors (Lipinski definition) is 0. The summed E-state index contributed by atoms with van der Waals surface area (Å²) in [5.74, 6) is -0.00673. The van der Waals surface area contributed by atoms with E-state index in [9.17, 15) is 4.57 Å². The Bertz CT molecular complexity index is 308. The van der Waals surface area contributed by atoms with Crippen LogP contribution in [-0.4, -0.2) is 41.8 Å². The second kappa shape index (κ2) is 7.17. The van der Waals surface area contributed by atoms with Crippen LogP contribution in [0.2, 0.25) is 0 Å². The first kappa shape index (κ1) is 17.5. The highest BCUT2D eigenvalue weighted by molar-refractivity contribution is 7.52. The average Bonchev–Trinajstić information content (AvgIpc) is 2.13. The minimum Gasteiger partial charge on any atom is -0.362 e. The van der Waals surface area contributed by atoms with Crippen molar-refractivity contribution in [3.8, 4) is 0 Å². The Morgan fingerprint density at radius 3 is 1.88 bits per heavy atom. The normalized spacial score (nSPS) is 13.9. The predicted octanol–water partition coefficient (Wildman–Crippen LogP) is 3.50. The van der Waals surface area contributed by atoms with Crippen LogP contribution in [0.15, 0.2) is 4.76 Å². The van der Waals surface area contributed by atoms with E-state index in [1.54, 1.807) is 27.9 Å². The van der Waals surface area contributed by atoms with E-state index in [1.807, 2.05) is 0 Å². The van der Waals surface area contributed by atoms with Gasteiger partial charge in [0.15, 0.2) is 5.84 Å². The Morgan fingerprint density at radius 1 is 1.24 bits per heavy atom. The topological polar surface area (TPSA) is 51.1 Å². The molecule has 0 bridgehead atoms. The van der Waals surface area contributed by atoms with Gasteiger partial charge in [-0.05, 0) is 13.8 Å². The highest BCUT2D eigenvalue weighted by Crippen LogP contribution is 2.51. The van der Waals surface area contributed by atoms with E-state index in [1.165, 1.54) is 4.90 Å². The monoisotopic (exact) mass is 324 g/mol. The molecule has 0 saturated heterocycles. The molecule has 9 heteroatoms. The summed E-state index contributed by atoms with van der Waals surface area (Å²) >= 11 is 17.2. The molecule has 0 radical (unpaired) electrons. The minimum absolute atomic E-state index is 0.00673. The van der Waals surface area contributed by atoms with Crippen molar-refractivity contribution >= 4 is 48.4 Å². The summed E-state index contributed by atoms with van der Waals surface area (Å²) < 4.78 is 24.1. The lowest BCUT2D eigenvalue weighted by atomic mass is 10.6. The smallest absolute Gasteiger partial charge is 0.362 e. The van der Waals surface area contributed by atoms with Crippen molar-refractivity contribution in [1.29, 1.82) is 0 Å². The maximum atomic E-state index is 12.1. The van der Waals surface area contributed by atoms with E-state index < -0.39 is 11.5 Å². The Labute approximate surface area is 117 Å². The average molecular weight is 326 g/mol. The molecule has 0 aliphatic heterocycles. The van der Waals surface area contributed by atoms with Crippen LogP contribution in [0.4, 0.5) is 0 Å². The number of alkyl halides is 3. The van der Waals surface area contributed by atoms with E-state index in [4.69, 9.17) is 43.9 Å². The van der Waals surface area contributed by atoms with Crippen LogP contribution < -0.4 is 0 Å². The minimum atomic E-state index is -3.63. The van der Waals surface area contributed by atoms with Gasteiger partial charge in [0.25, 0.3) is 0 Å². The van der Waals surface area contributed by atoms with Gasteiger partial charge in [0.2, 0.25) is 3.79 Å². The fourth-order valence-corrected chi connectivity index (χ4v) is 3.15. The van der Waals surface area contributed by atoms with Gasteiger partial charge in [-0.25, -0.2) is 4.57 Å². The molecule has 0 saturated carbocycles. The van der Waals surface area contributed by atoms with Crippen LogP contribution in [0, 0.1) is 0 Å². The molecule has 0 aliphatic carbocycles.